The molecule has 0 fully saturated rings. The van der Waals surface area contributed by atoms with Crippen LogP contribution in [-0.4, -0.2) is 17.4 Å². The number of amides is 1. The minimum Gasteiger partial charge on any atom is -0.352 e. The molecule has 0 bridgehead atoms. The monoisotopic (exact) mass is 244 g/mol. The first kappa shape index (κ1) is 12.2. The summed E-state index contributed by atoms with van der Waals surface area (Å²) in [6.45, 7) is 0.469. The highest BCUT2D eigenvalue weighted by Crippen LogP contribution is 2.03. The number of carbonyl (C=O) groups excluding carboxylic acids is 1. The molecule has 4 heteroatoms. The number of rotatable bonds is 4. The first-order valence-corrected chi connectivity index (χ1v) is 5.70. The highest BCUT2D eigenvalue weighted by Gasteiger charge is 2.10. The minimum atomic E-state index is -0.741. The number of halogens is 1. The van der Waals surface area contributed by atoms with Crippen LogP contribution in [0.4, 0.5) is 4.39 Å². The zero-order valence-electron chi connectivity index (χ0n) is 9.77. The number of aromatic nitrogens is 1. The molecule has 0 saturated carbocycles. The van der Waals surface area contributed by atoms with Gasteiger partial charge in [0.2, 0.25) is 5.95 Å². The molecule has 0 radical (unpaired) electrons. The number of nitrogens with one attached hydrogen (secondary N) is 1. The molecular weight excluding hydrogens is 231 g/mol. The number of pyridine rings is 1. The third-order valence-electron chi connectivity index (χ3n) is 2.55. The van der Waals surface area contributed by atoms with Crippen molar-refractivity contribution in [2.24, 2.45) is 0 Å². The molecule has 1 amide bonds. The Kier molecular flexibility index (Phi) is 4.02. The van der Waals surface area contributed by atoms with Crippen LogP contribution in [0.5, 0.6) is 0 Å². The lowest BCUT2D eigenvalue weighted by atomic mass is 10.1. The third kappa shape index (κ3) is 3.13. The Morgan fingerprint density at radius 2 is 1.94 bits per heavy atom. The summed E-state index contributed by atoms with van der Waals surface area (Å²) in [5.74, 6) is -1.17. The van der Waals surface area contributed by atoms with Crippen molar-refractivity contribution in [3.8, 4) is 0 Å². The quantitative estimate of drug-likeness (QED) is 0.838. The van der Waals surface area contributed by atoms with Crippen LogP contribution in [0, 0.1) is 5.95 Å². The van der Waals surface area contributed by atoms with Gasteiger partial charge >= 0.3 is 0 Å². The van der Waals surface area contributed by atoms with Crippen LogP contribution in [0.15, 0.2) is 48.7 Å². The number of hydrogen-bond donors (Lipinski definition) is 1. The molecule has 1 aromatic heterocycles. The van der Waals surface area contributed by atoms with Crippen molar-refractivity contribution >= 4 is 5.91 Å². The van der Waals surface area contributed by atoms with E-state index in [0.717, 1.165) is 5.56 Å². The second kappa shape index (κ2) is 5.91. The number of benzene rings is 1. The van der Waals surface area contributed by atoms with Crippen molar-refractivity contribution in [2.45, 2.75) is 6.42 Å². The van der Waals surface area contributed by atoms with Gasteiger partial charge in [0.05, 0.1) is 5.56 Å². The molecule has 0 aliphatic carbocycles. The third-order valence-corrected chi connectivity index (χ3v) is 2.55. The normalized spacial score (nSPS) is 10.1. The second-order valence-electron chi connectivity index (χ2n) is 3.83. The average molecular weight is 244 g/mol. The predicted octanol–water partition coefficient (Wildman–Crippen LogP) is 2.19. The molecule has 3 nitrogen and oxygen atoms in total. The Labute approximate surface area is 105 Å². The SMILES string of the molecule is O=C(NCCc1ccccc1)c1cccnc1F. The van der Waals surface area contributed by atoms with Crippen LogP contribution in [0.3, 0.4) is 0 Å². The van der Waals surface area contributed by atoms with Crippen molar-refractivity contribution in [1.82, 2.24) is 10.3 Å². The van der Waals surface area contributed by atoms with E-state index in [2.05, 4.69) is 10.3 Å². The van der Waals surface area contributed by atoms with E-state index in [1.165, 1.54) is 18.3 Å². The molecule has 92 valence electrons. The van der Waals surface area contributed by atoms with Crippen LogP contribution in [0.1, 0.15) is 15.9 Å². The smallest absolute Gasteiger partial charge is 0.255 e. The van der Waals surface area contributed by atoms with E-state index in [1.807, 2.05) is 30.3 Å². The van der Waals surface area contributed by atoms with Crippen molar-refractivity contribution in [1.29, 1.82) is 0 Å². The molecule has 0 atom stereocenters. The molecule has 0 aliphatic heterocycles. The zero-order chi connectivity index (χ0) is 12.8. The summed E-state index contributed by atoms with van der Waals surface area (Å²) in [4.78, 5) is 15.1. The van der Waals surface area contributed by atoms with E-state index < -0.39 is 11.9 Å². The summed E-state index contributed by atoms with van der Waals surface area (Å²) in [5, 5.41) is 2.67. The molecule has 1 aromatic carbocycles. The first-order chi connectivity index (χ1) is 8.77. The maximum absolute atomic E-state index is 13.2. The predicted molar refractivity (Wildman–Crippen MR) is 66.7 cm³/mol. The molecule has 0 aliphatic rings. The summed E-state index contributed by atoms with van der Waals surface area (Å²) in [7, 11) is 0. The lowest BCUT2D eigenvalue weighted by Gasteiger charge is -2.05. The van der Waals surface area contributed by atoms with Gasteiger partial charge in [0.15, 0.2) is 0 Å². The Balaban J connectivity index is 1.88. The van der Waals surface area contributed by atoms with Gasteiger partial charge in [0.1, 0.15) is 0 Å². The molecular formula is C14H13FN2O. The average Bonchev–Trinajstić information content (AvgIpc) is 2.40. The molecule has 18 heavy (non-hydrogen) atoms. The van der Waals surface area contributed by atoms with Gasteiger partial charge in [-0.2, -0.15) is 4.39 Å². The van der Waals surface area contributed by atoms with E-state index in [1.54, 1.807) is 0 Å². The Morgan fingerprint density at radius 1 is 1.17 bits per heavy atom. The van der Waals surface area contributed by atoms with Crippen molar-refractivity contribution in [3.63, 3.8) is 0 Å². The molecule has 1 N–H and O–H groups in total. The molecule has 2 aromatic rings. The summed E-state index contributed by atoms with van der Waals surface area (Å²) in [6.07, 6.45) is 2.03. The van der Waals surface area contributed by atoms with Crippen molar-refractivity contribution < 1.29 is 9.18 Å². The largest absolute Gasteiger partial charge is 0.352 e. The van der Waals surface area contributed by atoms with Gasteiger partial charge in [-0.05, 0) is 24.1 Å². The maximum Gasteiger partial charge on any atom is 0.255 e. The minimum absolute atomic E-state index is 0.0226. The van der Waals surface area contributed by atoms with Gasteiger partial charge in [-0.15, -0.1) is 0 Å². The van der Waals surface area contributed by atoms with Crippen LogP contribution in [-0.2, 0) is 6.42 Å². The summed E-state index contributed by atoms with van der Waals surface area (Å²) in [6, 6.07) is 12.7. The fourth-order valence-corrected chi connectivity index (χ4v) is 1.62. The van der Waals surface area contributed by atoms with Gasteiger partial charge in [-0.3, -0.25) is 4.79 Å². The second-order valence-corrected chi connectivity index (χ2v) is 3.83. The van der Waals surface area contributed by atoms with Gasteiger partial charge in [0, 0.05) is 12.7 Å². The molecule has 0 unspecified atom stereocenters. The zero-order valence-corrected chi connectivity index (χ0v) is 9.77. The van der Waals surface area contributed by atoms with Crippen LogP contribution in [0.25, 0.3) is 0 Å². The fraction of sp³-hybridized carbons (Fsp3) is 0.143. The standard InChI is InChI=1S/C14H13FN2O/c15-13-12(7-4-9-16-13)14(18)17-10-8-11-5-2-1-3-6-11/h1-7,9H,8,10H2,(H,17,18). The van der Waals surface area contributed by atoms with E-state index in [0.29, 0.717) is 13.0 Å². The van der Waals surface area contributed by atoms with Gasteiger partial charge in [-0.25, -0.2) is 4.98 Å². The number of nitrogens with zero attached hydrogens (tertiary/aromatic N) is 1. The molecule has 2 rings (SSSR count). The van der Waals surface area contributed by atoms with Crippen LogP contribution >= 0.6 is 0 Å². The van der Waals surface area contributed by atoms with Gasteiger partial charge < -0.3 is 5.32 Å². The summed E-state index contributed by atoms with van der Waals surface area (Å²) >= 11 is 0. The number of carbonyl (C=O) groups is 1. The Morgan fingerprint density at radius 3 is 2.67 bits per heavy atom. The molecule has 1 heterocycles. The molecule has 0 saturated heterocycles. The van der Waals surface area contributed by atoms with Crippen LogP contribution in [0.2, 0.25) is 0 Å². The Hall–Kier alpha value is -2.23. The van der Waals surface area contributed by atoms with Crippen molar-refractivity contribution in [2.75, 3.05) is 6.54 Å². The summed E-state index contributed by atoms with van der Waals surface area (Å²) in [5.41, 5.74) is 1.11. The van der Waals surface area contributed by atoms with Gasteiger partial charge in [-0.1, -0.05) is 30.3 Å². The van der Waals surface area contributed by atoms with Gasteiger partial charge in [0.25, 0.3) is 5.91 Å². The lowest BCUT2D eigenvalue weighted by Crippen LogP contribution is -2.26. The van der Waals surface area contributed by atoms with E-state index in [4.69, 9.17) is 0 Å². The summed E-state index contributed by atoms with van der Waals surface area (Å²) < 4.78 is 13.2. The first-order valence-electron chi connectivity index (χ1n) is 5.70. The van der Waals surface area contributed by atoms with Crippen molar-refractivity contribution in [3.05, 3.63) is 65.7 Å². The number of hydrogen-bond acceptors (Lipinski definition) is 2. The highest BCUT2D eigenvalue weighted by molar-refractivity contribution is 5.94. The maximum atomic E-state index is 13.2. The Bertz CT molecular complexity index is 528. The van der Waals surface area contributed by atoms with E-state index in [-0.39, 0.29) is 5.56 Å². The highest BCUT2D eigenvalue weighted by atomic mass is 19.1. The van der Waals surface area contributed by atoms with Crippen LogP contribution < -0.4 is 5.32 Å². The van der Waals surface area contributed by atoms with E-state index >= 15 is 0 Å². The fourth-order valence-electron chi connectivity index (χ4n) is 1.62. The van der Waals surface area contributed by atoms with E-state index in [9.17, 15) is 9.18 Å². The lowest BCUT2D eigenvalue weighted by molar-refractivity contribution is 0.0949. The topological polar surface area (TPSA) is 42.0 Å². The molecule has 0 spiro atoms.